The van der Waals surface area contributed by atoms with Crippen molar-refractivity contribution in [3.8, 4) is 11.5 Å². The summed E-state index contributed by atoms with van der Waals surface area (Å²) in [5.74, 6) is 0.947. The van der Waals surface area contributed by atoms with Gasteiger partial charge in [-0.15, -0.1) is 10.2 Å². The van der Waals surface area contributed by atoms with Crippen LogP contribution < -0.4 is 0 Å². The third-order valence-electron chi connectivity index (χ3n) is 2.14. The largest absolute Gasteiger partial charge is 0.420 e. The van der Waals surface area contributed by atoms with Crippen molar-refractivity contribution in [2.75, 3.05) is 0 Å². The molecule has 0 aromatic carbocycles. The molecule has 92 valence electrons. The molecule has 7 heteroatoms. The summed E-state index contributed by atoms with van der Waals surface area (Å²) < 4.78 is 30.8. The lowest BCUT2D eigenvalue weighted by Crippen LogP contribution is -2.06. The number of halogens is 2. The quantitative estimate of drug-likeness (QED) is 0.825. The summed E-state index contributed by atoms with van der Waals surface area (Å²) in [6.07, 6.45) is 0.459. The number of hydrogen-bond acceptors (Lipinski definition) is 4. The van der Waals surface area contributed by atoms with Crippen LogP contribution in [0.15, 0.2) is 16.8 Å². The van der Waals surface area contributed by atoms with Crippen molar-refractivity contribution >= 4 is 0 Å². The van der Waals surface area contributed by atoms with Crippen LogP contribution in [0.2, 0.25) is 0 Å². The highest BCUT2D eigenvalue weighted by atomic mass is 19.3. The van der Waals surface area contributed by atoms with Gasteiger partial charge in [-0.25, -0.2) is 8.78 Å². The van der Waals surface area contributed by atoms with Crippen molar-refractivity contribution < 1.29 is 13.2 Å². The van der Waals surface area contributed by atoms with Gasteiger partial charge in [0.05, 0.1) is 11.8 Å². The molecule has 5 nitrogen and oxygen atoms in total. The van der Waals surface area contributed by atoms with Crippen LogP contribution in [0.1, 0.15) is 25.7 Å². The summed E-state index contributed by atoms with van der Waals surface area (Å²) in [6, 6.07) is 0. The maximum absolute atomic E-state index is 12.1. The molecule has 0 amide bonds. The second kappa shape index (κ2) is 4.60. The van der Waals surface area contributed by atoms with E-state index in [2.05, 4.69) is 15.3 Å². The summed E-state index contributed by atoms with van der Waals surface area (Å²) in [6.45, 7) is 3.42. The van der Waals surface area contributed by atoms with E-state index in [0.717, 1.165) is 4.68 Å². The Morgan fingerprint density at radius 1 is 1.35 bits per heavy atom. The van der Waals surface area contributed by atoms with Crippen molar-refractivity contribution in [2.45, 2.75) is 32.7 Å². The summed E-state index contributed by atoms with van der Waals surface area (Å²) >= 11 is 0. The molecule has 2 aromatic heterocycles. The fourth-order valence-corrected chi connectivity index (χ4v) is 1.30. The molecule has 0 saturated heterocycles. The van der Waals surface area contributed by atoms with Gasteiger partial charge in [0.25, 0.3) is 12.3 Å². The van der Waals surface area contributed by atoms with E-state index in [4.69, 9.17) is 4.42 Å². The Morgan fingerprint density at radius 2 is 2.12 bits per heavy atom. The lowest BCUT2D eigenvalue weighted by Gasteiger charge is -1.97. The van der Waals surface area contributed by atoms with Gasteiger partial charge in [0, 0.05) is 12.1 Å². The van der Waals surface area contributed by atoms with Crippen LogP contribution in [0.3, 0.4) is 0 Å². The summed E-state index contributed by atoms with van der Waals surface area (Å²) in [7, 11) is 0. The second-order valence-corrected chi connectivity index (χ2v) is 3.94. The molecule has 0 N–H and O–H groups in total. The van der Waals surface area contributed by atoms with Crippen LogP contribution in [-0.2, 0) is 6.54 Å². The van der Waals surface area contributed by atoms with Crippen molar-refractivity contribution in [3.63, 3.8) is 0 Å². The Labute approximate surface area is 96.5 Å². The van der Waals surface area contributed by atoms with Gasteiger partial charge < -0.3 is 4.42 Å². The maximum atomic E-state index is 12.1. The molecule has 2 heterocycles. The Hall–Kier alpha value is -1.79. The maximum Gasteiger partial charge on any atom is 0.257 e. The Kier molecular flexibility index (Phi) is 3.16. The smallest absolute Gasteiger partial charge is 0.257 e. The number of aromatic nitrogens is 4. The predicted octanol–water partition coefficient (Wildman–Crippen LogP) is 2.32. The van der Waals surface area contributed by atoms with Gasteiger partial charge in [0.1, 0.15) is 6.54 Å². The molecule has 0 aliphatic rings. The number of alkyl halides is 2. The molecule has 2 aromatic rings. The van der Waals surface area contributed by atoms with Crippen LogP contribution in [0, 0.1) is 0 Å². The van der Waals surface area contributed by atoms with Crippen LogP contribution in [-0.4, -0.2) is 26.4 Å². The number of nitrogens with zero attached hydrogens (tertiary/aromatic N) is 4. The second-order valence-electron chi connectivity index (χ2n) is 3.94. The standard InChI is InChI=1S/C10H12F2N4O/c1-6(2)9-14-15-10(17-9)7-3-13-16(4-7)5-8(11)12/h3-4,6,8H,5H2,1-2H3. The van der Waals surface area contributed by atoms with Crippen molar-refractivity contribution in [3.05, 3.63) is 18.3 Å². The average Bonchev–Trinajstić information content (AvgIpc) is 2.83. The molecule has 17 heavy (non-hydrogen) atoms. The molecule has 0 aliphatic heterocycles. The molecule has 0 fully saturated rings. The van der Waals surface area contributed by atoms with Crippen molar-refractivity contribution in [2.24, 2.45) is 0 Å². The van der Waals surface area contributed by atoms with Crippen LogP contribution in [0.5, 0.6) is 0 Å². The molecule has 0 saturated carbocycles. The van der Waals surface area contributed by atoms with Gasteiger partial charge in [-0.3, -0.25) is 4.68 Å². The zero-order chi connectivity index (χ0) is 12.4. The van der Waals surface area contributed by atoms with E-state index in [0.29, 0.717) is 17.3 Å². The molecule has 0 radical (unpaired) electrons. The molecule has 0 aliphatic carbocycles. The number of hydrogen-bond donors (Lipinski definition) is 0. The lowest BCUT2D eigenvalue weighted by atomic mass is 10.2. The van der Waals surface area contributed by atoms with Crippen molar-refractivity contribution in [1.82, 2.24) is 20.0 Å². The molecule has 0 spiro atoms. The van der Waals surface area contributed by atoms with E-state index in [1.54, 1.807) is 0 Å². The SMILES string of the molecule is CC(C)c1nnc(-c2cnn(CC(F)F)c2)o1. The fourth-order valence-electron chi connectivity index (χ4n) is 1.30. The Bertz CT molecular complexity index is 492. The molecule has 0 bridgehead atoms. The first-order valence-electron chi connectivity index (χ1n) is 5.20. The van der Waals surface area contributed by atoms with Crippen molar-refractivity contribution in [1.29, 1.82) is 0 Å². The summed E-state index contributed by atoms with van der Waals surface area (Å²) in [5.41, 5.74) is 0.546. The van der Waals surface area contributed by atoms with Gasteiger partial charge >= 0.3 is 0 Å². The Balaban J connectivity index is 2.18. The molecule has 2 rings (SSSR count). The highest BCUT2D eigenvalue weighted by Crippen LogP contribution is 2.20. The zero-order valence-electron chi connectivity index (χ0n) is 9.47. The average molecular weight is 242 g/mol. The van der Waals surface area contributed by atoms with E-state index in [-0.39, 0.29) is 5.92 Å². The molecule has 0 unspecified atom stereocenters. The van der Waals surface area contributed by atoms with Gasteiger partial charge in [-0.2, -0.15) is 5.10 Å². The Morgan fingerprint density at radius 3 is 2.71 bits per heavy atom. The first kappa shape index (κ1) is 11.7. The fraction of sp³-hybridized carbons (Fsp3) is 0.500. The van der Waals surface area contributed by atoms with E-state index in [1.165, 1.54) is 12.4 Å². The zero-order valence-corrected chi connectivity index (χ0v) is 9.47. The third kappa shape index (κ3) is 2.66. The highest BCUT2D eigenvalue weighted by molar-refractivity contribution is 5.49. The monoisotopic (exact) mass is 242 g/mol. The van der Waals surface area contributed by atoms with E-state index in [1.807, 2.05) is 13.8 Å². The molecular formula is C10H12F2N4O. The topological polar surface area (TPSA) is 56.7 Å². The van der Waals surface area contributed by atoms with Gasteiger partial charge in [0.15, 0.2) is 0 Å². The minimum Gasteiger partial charge on any atom is -0.420 e. The third-order valence-corrected chi connectivity index (χ3v) is 2.14. The van der Waals surface area contributed by atoms with Crippen LogP contribution in [0.4, 0.5) is 8.78 Å². The highest BCUT2D eigenvalue weighted by Gasteiger charge is 2.13. The van der Waals surface area contributed by atoms with E-state index >= 15 is 0 Å². The first-order valence-corrected chi connectivity index (χ1v) is 5.20. The van der Waals surface area contributed by atoms with Gasteiger partial charge in [0.2, 0.25) is 5.89 Å². The first-order chi connectivity index (χ1) is 8.06. The summed E-state index contributed by atoms with van der Waals surface area (Å²) in [5, 5.41) is 11.5. The van der Waals surface area contributed by atoms with Crippen LogP contribution >= 0.6 is 0 Å². The van der Waals surface area contributed by atoms with Gasteiger partial charge in [-0.1, -0.05) is 13.8 Å². The lowest BCUT2D eigenvalue weighted by molar-refractivity contribution is 0.122. The van der Waals surface area contributed by atoms with Crippen LogP contribution in [0.25, 0.3) is 11.5 Å². The minimum absolute atomic E-state index is 0.132. The normalized spacial score (nSPS) is 11.6. The van der Waals surface area contributed by atoms with Gasteiger partial charge in [-0.05, 0) is 0 Å². The van der Waals surface area contributed by atoms with E-state index < -0.39 is 13.0 Å². The summed E-state index contributed by atoms with van der Waals surface area (Å²) in [4.78, 5) is 0. The predicted molar refractivity (Wildman–Crippen MR) is 55.6 cm³/mol. The molecular weight excluding hydrogens is 230 g/mol. The number of rotatable bonds is 4. The van der Waals surface area contributed by atoms with E-state index in [9.17, 15) is 8.78 Å². The minimum atomic E-state index is -2.43. The molecule has 0 atom stereocenters.